The summed E-state index contributed by atoms with van der Waals surface area (Å²) in [6.07, 6.45) is 4.01. The molecule has 0 amide bonds. The molecular formula is C6H11NOS. The second-order valence-electron chi connectivity index (χ2n) is 2.51. The van der Waals surface area contributed by atoms with Crippen molar-refractivity contribution in [3.63, 3.8) is 0 Å². The third-order valence-corrected chi connectivity index (χ3v) is 3.04. The van der Waals surface area contributed by atoms with Crippen molar-refractivity contribution in [3.8, 4) is 0 Å². The molecule has 1 unspecified atom stereocenters. The first-order chi connectivity index (χ1) is 4.27. The Morgan fingerprint density at radius 2 is 2.56 bits per heavy atom. The maximum Gasteiger partial charge on any atom is 0.0594 e. The van der Waals surface area contributed by atoms with Gasteiger partial charge in [-0.1, -0.05) is 0 Å². The molecule has 0 radical (unpaired) electrons. The number of hydrogen-bond donors (Lipinski definition) is 1. The van der Waals surface area contributed by atoms with E-state index in [2.05, 4.69) is 12.1 Å². The Kier molecular flexibility index (Phi) is 2.01. The van der Waals surface area contributed by atoms with Crippen LogP contribution in [-0.4, -0.2) is 21.9 Å². The van der Waals surface area contributed by atoms with Crippen LogP contribution in [0.1, 0.15) is 19.8 Å². The lowest BCUT2D eigenvalue weighted by molar-refractivity contribution is 0.319. The molecular weight excluding hydrogens is 134 g/mol. The highest BCUT2D eigenvalue weighted by molar-refractivity contribution is 8.01. The average Bonchev–Trinajstić information content (AvgIpc) is 2.16. The number of rotatable bonds is 1. The van der Waals surface area contributed by atoms with Gasteiger partial charge in [0.25, 0.3) is 0 Å². The topological polar surface area (TPSA) is 32.6 Å². The fourth-order valence-electron chi connectivity index (χ4n) is 1.02. The zero-order chi connectivity index (χ0) is 6.74. The minimum absolute atomic E-state index is 0.120. The molecule has 1 fully saturated rings. The van der Waals surface area contributed by atoms with Crippen LogP contribution in [0.5, 0.6) is 0 Å². The quantitative estimate of drug-likeness (QED) is 0.346. The van der Waals surface area contributed by atoms with E-state index in [1.54, 1.807) is 6.21 Å². The van der Waals surface area contributed by atoms with Crippen molar-refractivity contribution in [1.29, 1.82) is 0 Å². The monoisotopic (exact) mass is 145 g/mol. The molecule has 0 spiro atoms. The summed E-state index contributed by atoms with van der Waals surface area (Å²) in [6.45, 7) is 2.10. The van der Waals surface area contributed by atoms with Crippen LogP contribution in [0.2, 0.25) is 0 Å². The van der Waals surface area contributed by atoms with Crippen LogP contribution in [0.15, 0.2) is 5.16 Å². The summed E-state index contributed by atoms with van der Waals surface area (Å²) in [6, 6.07) is 0. The molecule has 0 bridgehead atoms. The summed E-state index contributed by atoms with van der Waals surface area (Å²) < 4.78 is 0.120. The predicted octanol–water partition coefficient (Wildman–Crippen LogP) is 1.73. The van der Waals surface area contributed by atoms with Crippen LogP contribution < -0.4 is 0 Å². The Bertz CT molecular complexity index is 118. The van der Waals surface area contributed by atoms with Crippen molar-refractivity contribution in [3.05, 3.63) is 0 Å². The van der Waals surface area contributed by atoms with Gasteiger partial charge in [-0.3, -0.25) is 0 Å². The predicted molar refractivity (Wildman–Crippen MR) is 40.4 cm³/mol. The molecule has 0 aromatic carbocycles. The van der Waals surface area contributed by atoms with Crippen molar-refractivity contribution in [2.24, 2.45) is 5.16 Å². The first kappa shape index (κ1) is 6.93. The van der Waals surface area contributed by atoms with Crippen molar-refractivity contribution in [2.45, 2.75) is 24.5 Å². The number of thioether (sulfide) groups is 1. The summed E-state index contributed by atoms with van der Waals surface area (Å²) in [5, 5.41) is 11.3. The van der Waals surface area contributed by atoms with Gasteiger partial charge in [0.2, 0.25) is 0 Å². The molecule has 0 aromatic heterocycles. The van der Waals surface area contributed by atoms with Crippen LogP contribution in [0, 0.1) is 0 Å². The Balaban J connectivity index is 2.51. The molecule has 1 atom stereocenters. The maximum absolute atomic E-state index is 8.25. The van der Waals surface area contributed by atoms with E-state index in [0.717, 1.165) is 6.42 Å². The largest absolute Gasteiger partial charge is 0.411 e. The van der Waals surface area contributed by atoms with Gasteiger partial charge in [-0.25, -0.2) is 0 Å². The molecule has 1 aliphatic heterocycles. The molecule has 0 saturated carbocycles. The lowest BCUT2D eigenvalue weighted by atomic mass is 10.1. The van der Waals surface area contributed by atoms with Gasteiger partial charge in [0, 0.05) is 0 Å². The van der Waals surface area contributed by atoms with E-state index in [4.69, 9.17) is 5.21 Å². The van der Waals surface area contributed by atoms with E-state index < -0.39 is 0 Å². The Hall–Kier alpha value is -0.180. The highest BCUT2D eigenvalue weighted by atomic mass is 32.2. The van der Waals surface area contributed by atoms with E-state index >= 15 is 0 Å². The molecule has 1 N–H and O–H groups in total. The van der Waals surface area contributed by atoms with Crippen molar-refractivity contribution >= 4 is 18.0 Å². The van der Waals surface area contributed by atoms with Crippen LogP contribution in [0.25, 0.3) is 0 Å². The molecule has 0 aromatic rings. The molecule has 2 nitrogen and oxygen atoms in total. The van der Waals surface area contributed by atoms with Gasteiger partial charge in [-0.15, -0.1) is 16.9 Å². The lowest BCUT2D eigenvalue weighted by Crippen LogP contribution is -2.16. The van der Waals surface area contributed by atoms with Gasteiger partial charge in [0.1, 0.15) is 0 Å². The van der Waals surface area contributed by atoms with E-state index in [1.807, 2.05) is 11.8 Å². The summed E-state index contributed by atoms with van der Waals surface area (Å²) >= 11 is 1.86. The van der Waals surface area contributed by atoms with Crippen molar-refractivity contribution < 1.29 is 5.21 Å². The number of nitrogens with zero attached hydrogens (tertiary/aromatic N) is 1. The molecule has 9 heavy (non-hydrogen) atoms. The van der Waals surface area contributed by atoms with Crippen LogP contribution >= 0.6 is 11.8 Å². The minimum atomic E-state index is 0.120. The van der Waals surface area contributed by atoms with Gasteiger partial charge < -0.3 is 5.21 Å². The number of oxime groups is 1. The highest BCUT2D eigenvalue weighted by Crippen LogP contribution is 2.35. The van der Waals surface area contributed by atoms with E-state index in [9.17, 15) is 0 Å². The van der Waals surface area contributed by atoms with Gasteiger partial charge in [-0.2, -0.15) is 0 Å². The van der Waals surface area contributed by atoms with Crippen LogP contribution in [0.3, 0.4) is 0 Å². The highest BCUT2D eigenvalue weighted by Gasteiger charge is 2.27. The Labute approximate surface area is 59.3 Å². The standard InChI is InChI=1S/C6H11NOS/c1-6(5-7-8)3-2-4-9-6/h5,8H,2-4H2,1H3/b7-5+. The summed E-state index contributed by atoms with van der Waals surface area (Å²) in [5.41, 5.74) is 0. The summed E-state index contributed by atoms with van der Waals surface area (Å²) in [7, 11) is 0. The van der Waals surface area contributed by atoms with E-state index in [-0.39, 0.29) is 4.75 Å². The van der Waals surface area contributed by atoms with Gasteiger partial charge in [0.15, 0.2) is 0 Å². The maximum atomic E-state index is 8.25. The zero-order valence-corrected chi connectivity index (χ0v) is 6.32. The minimum Gasteiger partial charge on any atom is -0.411 e. The molecule has 1 rings (SSSR count). The van der Waals surface area contributed by atoms with E-state index in [1.165, 1.54) is 12.2 Å². The molecule has 3 heteroatoms. The smallest absolute Gasteiger partial charge is 0.0594 e. The first-order valence-corrected chi connectivity index (χ1v) is 4.08. The molecule has 1 aliphatic rings. The number of hydrogen-bond acceptors (Lipinski definition) is 3. The van der Waals surface area contributed by atoms with Gasteiger partial charge in [0.05, 0.1) is 11.0 Å². The molecule has 1 saturated heterocycles. The zero-order valence-electron chi connectivity index (χ0n) is 5.50. The fraction of sp³-hybridized carbons (Fsp3) is 0.833. The first-order valence-electron chi connectivity index (χ1n) is 3.09. The SMILES string of the molecule is CC1(/C=N/O)CCCS1. The van der Waals surface area contributed by atoms with Crippen molar-refractivity contribution in [1.82, 2.24) is 0 Å². The van der Waals surface area contributed by atoms with Gasteiger partial charge in [-0.05, 0) is 25.5 Å². The second kappa shape index (κ2) is 2.60. The Morgan fingerprint density at radius 1 is 1.78 bits per heavy atom. The third-order valence-electron chi connectivity index (χ3n) is 1.58. The van der Waals surface area contributed by atoms with Crippen molar-refractivity contribution in [2.75, 3.05) is 5.75 Å². The normalized spacial score (nSPS) is 36.1. The Morgan fingerprint density at radius 3 is 3.00 bits per heavy atom. The summed E-state index contributed by atoms with van der Waals surface area (Å²) in [5.74, 6) is 1.20. The molecule has 52 valence electrons. The van der Waals surface area contributed by atoms with Crippen LogP contribution in [0.4, 0.5) is 0 Å². The second-order valence-corrected chi connectivity index (χ2v) is 4.14. The fourth-order valence-corrected chi connectivity index (χ4v) is 2.19. The van der Waals surface area contributed by atoms with E-state index in [0.29, 0.717) is 0 Å². The lowest BCUT2D eigenvalue weighted by Gasteiger charge is -2.13. The molecule has 1 heterocycles. The molecule has 0 aliphatic carbocycles. The third kappa shape index (κ3) is 1.61. The van der Waals surface area contributed by atoms with Crippen LogP contribution in [-0.2, 0) is 0 Å². The summed E-state index contributed by atoms with van der Waals surface area (Å²) in [4.78, 5) is 0. The average molecular weight is 145 g/mol. The van der Waals surface area contributed by atoms with Gasteiger partial charge >= 0.3 is 0 Å².